The lowest BCUT2D eigenvalue weighted by molar-refractivity contribution is -0.870. The van der Waals surface area contributed by atoms with Gasteiger partial charge in [-0.05, 0) is 77.0 Å². The summed E-state index contributed by atoms with van der Waals surface area (Å²) in [6, 6.07) is -0.871. The van der Waals surface area contributed by atoms with Crippen molar-refractivity contribution in [1.82, 2.24) is 5.32 Å². The predicted molar refractivity (Wildman–Crippen MR) is 314 cm³/mol. The van der Waals surface area contributed by atoms with Gasteiger partial charge in [0.05, 0.1) is 39.9 Å². The molecule has 0 bridgehead atoms. The van der Waals surface area contributed by atoms with Crippen LogP contribution in [0.2, 0.25) is 0 Å². The van der Waals surface area contributed by atoms with Crippen LogP contribution >= 0.6 is 7.82 Å². The smallest absolute Gasteiger partial charge is 0.387 e. The monoisotopic (exact) mass is 1030 g/mol. The maximum Gasteiger partial charge on any atom is 0.472 e. The third-order valence-electron chi connectivity index (χ3n) is 13.7. The van der Waals surface area contributed by atoms with Gasteiger partial charge in [-0.2, -0.15) is 0 Å². The van der Waals surface area contributed by atoms with Gasteiger partial charge >= 0.3 is 7.82 Å². The fourth-order valence-electron chi connectivity index (χ4n) is 8.87. The Hall–Kier alpha value is -1.80. The number of aliphatic hydroxyl groups is 1. The second-order valence-corrected chi connectivity index (χ2v) is 23.5. The molecule has 3 unspecified atom stereocenters. The Balaban J connectivity index is 4.19. The van der Waals surface area contributed by atoms with Crippen LogP contribution < -0.4 is 5.32 Å². The van der Waals surface area contributed by atoms with Gasteiger partial charge in [0.2, 0.25) is 5.91 Å². The number of carbonyl (C=O) groups is 1. The van der Waals surface area contributed by atoms with Gasteiger partial charge in [-0.1, -0.05) is 261 Å². The molecule has 0 aromatic carbocycles. The quantitative estimate of drug-likeness (QED) is 0.0243. The summed E-state index contributed by atoms with van der Waals surface area (Å²) in [6.07, 6.45) is 73.4. The van der Waals surface area contributed by atoms with E-state index in [1.54, 1.807) is 6.08 Å². The summed E-state index contributed by atoms with van der Waals surface area (Å²) in [5, 5.41) is 13.9. The summed E-state index contributed by atoms with van der Waals surface area (Å²) in [4.78, 5) is 23.3. The van der Waals surface area contributed by atoms with Crippen LogP contribution in [0.5, 0.6) is 0 Å². The van der Waals surface area contributed by atoms with Crippen LogP contribution in [0, 0.1) is 0 Å². The Bertz CT molecular complexity index is 1360. The van der Waals surface area contributed by atoms with E-state index in [4.69, 9.17) is 9.05 Å². The highest BCUT2D eigenvalue weighted by Gasteiger charge is 2.27. The first kappa shape index (κ1) is 70.2. The summed E-state index contributed by atoms with van der Waals surface area (Å²) in [7, 11) is 1.55. The molecule has 0 radical (unpaired) electrons. The van der Waals surface area contributed by atoms with Gasteiger partial charge in [-0.15, -0.1) is 0 Å². The summed E-state index contributed by atoms with van der Waals surface area (Å²) in [6.45, 7) is 4.80. The highest BCUT2D eigenvalue weighted by atomic mass is 31.2. The molecule has 0 fully saturated rings. The molecule has 8 nitrogen and oxygen atoms in total. The van der Waals surface area contributed by atoms with Crippen LogP contribution in [0.15, 0.2) is 60.8 Å². The van der Waals surface area contributed by atoms with Crippen molar-refractivity contribution in [3.63, 3.8) is 0 Å². The van der Waals surface area contributed by atoms with E-state index >= 15 is 0 Å². The Morgan fingerprint density at radius 3 is 1.19 bits per heavy atom. The molecule has 0 aromatic rings. The molecule has 3 atom stereocenters. The molecule has 422 valence electrons. The number of phosphoric acid groups is 1. The lowest BCUT2D eigenvalue weighted by Gasteiger charge is -2.25. The fourth-order valence-corrected chi connectivity index (χ4v) is 9.61. The van der Waals surface area contributed by atoms with Crippen molar-refractivity contribution in [2.45, 2.75) is 296 Å². The lowest BCUT2D eigenvalue weighted by atomic mass is 10.0. The van der Waals surface area contributed by atoms with Gasteiger partial charge < -0.3 is 19.8 Å². The number of nitrogens with one attached hydrogen (secondary N) is 1. The van der Waals surface area contributed by atoms with Crippen LogP contribution in [0.1, 0.15) is 284 Å². The summed E-state index contributed by atoms with van der Waals surface area (Å²) < 4.78 is 23.7. The molecule has 0 aliphatic heterocycles. The van der Waals surface area contributed by atoms with Crippen molar-refractivity contribution in [2.75, 3.05) is 40.9 Å². The second-order valence-electron chi connectivity index (χ2n) is 22.1. The molecular formula is C63H120N2O6P+. The molecule has 3 N–H and O–H groups in total. The van der Waals surface area contributed by atoms with Crippen molar-refractivity contribution in [2.24, 2.45) is 0 Å². The Kier molecular flexibility index (Phi) is 52.7. The number of rotatable bonds is 56. The van der Waals surface area contributed by atoms with E-state index in [-0.39, 0.29) is 19.1 Å². The molecule has 0 rings (SSSR count). The minimum absolute atomic E-state index is 0.0530. The van der Waals surface area contributed by atoms with Crippen molar-refractivity contribution < 1.29 is 32.9 Å². The van der Waals surface area contributed by atoms with Gasteiger partial charge in [-0.3, -0.25) is 13.8 Å². The summed E-state index contributed by atoms with van der Waals surface area (Å²) >= 11 is 0. The van der Waals surface area contributed by atoms with Crippen LogP contribution in [0.25, 0.3) is 0 Å². The number of phosphoric ester groups is 1. The average Bonchev–Trinajstić information content (AvgIpc) is 3.34. The zero-order valence-corrected chi connectivity index (χ0v) is 49.1. The first-order valence-electron chi connectivity index (χ1n) is 30.7. The predicted octanol–water partition coefficient (Wildman–Crippen LogP) is 18.9. The molecule has 0 spiro atoms. The minimum Gasteiger partial charge on any atom is -0.387 e. The number of allylic oxidation sites excluding steroid dienone is 9. The summed E-state index contributed by atoms with van der Waals surface area (Å²) in [5.74, 6) is -0.188. The molecule has 0 heterocycles. The van der Waals surface area contributed by atoms with E-state index in [1.807, 2.05) is 27.2 Å². The molecule has 1 amide bonds. The van der Waals surface area contributed by atoms with E-state index in [9.17, 15) is 19.4 Å². The van der Waals surface area contributed by atoms with Crippen molar-refractivity contribution >= 4 is 13.7 Å². The number of hydrogen-bond donors (Lipinski definition) is 3. The lowest BCUT2D eigenvalue weighted by Crippen LogP contribution is -2.45. The van der Waals surface area contributed by atoms with E-state index < -0.39 is 20.0 Å². The largest absolute Gasteiger partial charge is 0.472 e. The molecule has 0 aliphatic rings. The summed E-state index contributed by atoms with van der Waals surface area (Å²) in [5.41, 5.74) is 0. The fraction of sp³-hybridized carbons (Fsp3) is 0.825. The SMILES string of the molecule is CCCCCCC/C=C\C/C=C\CCCCCCCCCCCCCCCCCCCC(=O)NC(COP(=O)(O)OCC[N+](C)(C)C)C(O)/C=C/CC/C=C/CC/C=C/CCCCCCCCCCCCC. The van der Waals surface area contributed by atoms with E-state index in [1.165, 1.54) is 212 Å². The van der Waals surface area contributed by atoms with Crippen LogP contribution in [-0.2, 0) is 18.4 Å². The molecular weight excluding hydrogens is 912 g/mol. The van der Waals surface area contributed by atoms with Gasteiger partial charge in [-0.25, -0.2) is 4.57 Å². The number of nitrogens with zero attached hydrogens (tertiary/aromatic N) is 1. The van der Waals surface area contributed by atoms with Gasteiger partial charge in [0.25, 0.3) is 0 Å². The van der Waals surface area contributed by atoms with Gasteiger partial charge in [0, 0.05) is 6.42 Å². The van der Waals surface area contributed by atoms with Crippen LogP contribution in [0.3, 0.4) is 0 Å². The Morgan fingerprint density at radius 1 is 0.472 bits per heavy atom. The number of aliphatic hydroxyl groups excluding tert-OH is 1. The number of likely N-dealkylation sites (N-methyl/N-ethyl adjacent to an activating group) is 1. The number of quaternary nitrogens is 1. The van der Waals surface area contributed by atoms with Crippen LogP contribution in [-0.4, -0.2) is 73.4 Å². The van der Waals surface area contributed by atoms with Crippen molar-refractivity contribution in [3.05, 3.63) is 60.8 Å². The van der Waals surface area contributed by atoms with Crippen molar-refractivity contribution in [3.8, 4) is 0 Å². The van der Waals surface area contributed by atoms with E-state index in [0.29, 0.717) is 17.4 Å². The molecule has 0 aliphatic carbocycles. The average molecular weight is 1030 g/mol. The number of carbonyl (C=O) groups excluding carboxylic acids is 1. The number of hydrogen-bond acceptors (Lipinski definition) is 5. The number of unbranched alkanes of at least 4 members (excludes halogenated alkanes) is 35. The maximum absolute atomic E-state index is 13.0. The maximum atomic E-state index is 13.0. The second kappa shape index (κ2) is 54.0. The normalized spacial score (nSPS) is 14.3. The third-order valence-corrected chi connectivity index (χ3v) is 14.7. The van der Waals surface area contributed by atoms with E-state index in [2.05, 4.69) is 67.8 Å². The van der Waals surface area contributed by atoms with Crippen molar-refractivity contribution in [1.29, 1.82) is 0 Å². The molecule has 0 saturated carbocycles. The topological polar surface area (TPSA) is 105 Å². The highest BCUT2D eigenvalue weighted by molar-refractivity contribution is 7.47. The van der Waals surface area contributed by atoms with Gasteiger partial charge in [0.15, 0.2) is 0 Å². The first-order chi connectivity index (χ1) is 35.0. The first-order valence-corrected chi connectivity index (χ1v) is 32.2. The molecule has 72 heavy (non-hydrogen) atoms. The molecule has 9 heteroatoms. The van der Waals surface area contributed by atoms with Gasteiger partial charge in [0.1, 0.15) is 13.2 Å². The highest BCUT2D eigenvalue weighted by Crippen LogP contribution is 2.43. The zero-order valence-electron chi connectivity index (χ0n) is 48.2. The van der Waals surface area contributed by atoms with Crippen LogP contribution in [0.4, 0.5) is 0 Å². The third kappa shape index (κ3) is 55.9. The van der Waals surface area contributed by atoms with E-state index in [0.717, 1.165) is 51.4 Å². The Labute approximate surface area is 447 Å². The molecule has 0 saturated heterocycles. The minimum atomic E-state index is -4.36. The number of amides is 1. The molecule has 0 aromatic heterocycles. The zero-order chi connectivity index (χ0) is 52.7. The Morgan fingerprint density at radius 2 is 0.806 bits per heavy atom. The standard InChI is InChI=1S/C63H119N2O6P/c1-6-8-10-12-14-16-18-20-22-24-26-28-29-30-31-32-33-34-35-37-39-41-43-45-47-49-51-53-55-57-63(67)64-61(60-71-72(68,69)70-59-58-65(3,4)5)62(66)56-54-52-50-48-46-44-42-40-38-36-27-25-23-21-19-17-15-13-11-9-7-2/h18,20,24,26,38,40,46,48,54,56,61-62,66H,6-17,19,21-23,25,27-37,39,41-45,47,49-53,55,57-60H2,1-5H3,(H-,64,67,68,69)/p+1/b20-18-,26-24-,40-38+,48-46+,56-54+.